The van der Waals surface area contributed by atoms with Crippen LogP contribution in [0.3, 0.4) is 0 Å². The van der Waals surface area contributed by atoms with Crippen LogP contribution in [0.4, 0.5) is 10.8 Å². The van der Waals surface area contributed by atoms with Gasteiger partial charge >= 0.3 is 0 Å². The summed E-state index contributed by atoms with van der Waals surface area (Å²) in [4.78, 5) is 8.99. The number of piperazine rings is 1. The van der Waals surface area contributed by atoms with Gasteiger partial charge in [-0.1, -0.05) is 17.7 Å². The Morgan fingerprint density at radius 2 is 1.95 bits per heavy atom. The Kier molecular flexibility index (Phi) is 3.98. The normalized spacial score (nSPS) is 15.5. The molecule has 106 valence electrons. The van der Waals surface area contributed by atoms with Crippen LogP contribution < -0.4 is 14.5 Å². The number of aromatic nitrogens is 1. The fourth-order valence-corrected chi connectivity index (χ4v) is 3.36. The highest BCUT2D eigenvalue weighted by molar-refractivity contribution is 7.14. The van der Waals surface area contributed by atoms with E-state index < -0.39 is 0 Å². The monoisotopic (exact) mass is 309 g/mol. The number of anilines is 2. The van der Waals surface area contributed by atoms with Gasteiger partial charge in [0.25, 0.3) is 0 Å². The van der Waals surface area contributed by atoms with Crippen molar-refractivity contribution >= 4 is 33.8 Å². The number of thiazole rings is 1. The van der Waals surface area contributed by atoms with E-state index in [1.54, 1.807) is 18.4 Å². The summed E-state index contributed by atoms with van der Waals surface area (Å²) in [7, 11) is 1.70. The molecule has 6 heteroatoms. The molecule has 1 aliphatic rings. The van der Waals surface area contributed by atoms with Crippen molar-refractivity contribution in [3.63, 3.8) is 0 Å². The molecule has 0 N–H and O–H groups in total. The molecule has 1 aromatic carbocycles. The Balaban J connectivity index is 1.66. The largest absolute Gasteiger partial charge is 0.497 e. The maximum atomic E-state index is 5.89. The Hall–Kier alpha value is -1.46. The zero-order chi connectivity index (χ0) is 13.9. The van der Waals surface area contributed by atoms with Crippen LogP contribution in [0.2, 0.25) is 5.15 Å². The minimum Gasteiger partial charge on any atom is -0.497 e. The first-order valence-corrected chi connectivity index (χ1v) is 7.77. The molecular formula is C14H16ClN3OS. The minimum absolute atomic E-state index is 0.584. The van der Waals surface area contributed by atoms with Crippen LogP contribution in [0, 0.1) is 0 Å². The summed E-state index contributed by atoms with van der Waals surface area (Å²) in [5.74, 6) is 0.900. The molecule has 1 aromatic heterocycles. The highest BCUT2D eigenvalue weighted by atomic mass is 35.5. The summed E-state index contributed by atoms with van der Waals surface area (Å²) >= 11 is 7.49. The van der Waals surface area contributed by atoms with Crippen molar-refractivity contribution in [3.8, 4) is 5.75 Å². The molecule has 0 atom stereocenters. The molecule has 0 saturated carbocycles. The van der Waals surface area contributed by atoms with Crippen LogP contribution in [-0.4, -0.2) is 38.3 Å². The van der Waals surface area contributed by atoms with Gasteiger partial charge in [0, 0.05) is 43.3 Å². The molecule has 20 heavy (non-hydrogen) atoms. The van der Waals surface area contributed by atoms with E-state index in [2.05, 4.69) is 26.9 Å². The number of rotatable bonds is 3. The Bertz CT molecular complexity index is 581. The van der Waals surface area contributed by atoms with Crippen molar-refractivity contribution in [3.05, 3.63) is 34.8 Å². The Morgan fingerprint density at radius 1 is 1.20 bits per heavy atom. The fourth-order valence-electron chi connectivity index (χ4n) is 2.35. The predicted octanol–water partition coefficient (Wildman–Crippen LogP) is 3.13. The summed E-state index contributed by atoms with van der Waals surface area (Å²) in [5.41, 5.74) is 1.21. The van der Waals surface area contributed by atoms with Gasteiger partial charge in [0.1, 0.15) is 10.9 Å². The lowest BCUT2D eigenvalue weighted by molar-refractivity contribution is 0.414. The molecule has 3 rings (SSSR count). The van der Waals surface area contributed by atoms with E-state index >= 15 is 0 Å². The van der Waals surface area contributed by atoms with E-state index in [0.29, 0.717) is 5.15 Å². The minimum atomic E-state index is 0.584. The van der Waals surface area contributed by atoms with Crippen LogP contribution in [0.1, 0.15) is 0 Å². The maximum Gasteiger partial charge on any atom is 0.186 e. The second-order valence-corrected chi connectivity index (χ2v) is 5.85. The van der Waals surface area contributed by atoms with E-state index in [9.17, 15) is 0 Å². The lowest BCUT2D eigenvalue weighted by Gasteiger charge is -2.36. The highest BCUT2D eigenvalue weighted by Crippen LogP contribution is 2.26. The molecule has 1 saturated heterocycles. The van der Waals surface area contributed by atoms with Crippen molar-refractivity contribution in [2.75, 3.05) is 43.1 Å². The smallest absolute Gasteiger partial charge is 0.186 e. The van der Waals surface area contributed by atoms with Gasteiger partial charge in [0.05, 0.1) is 7.11 Å². The highest BCUT2D eigenvalue weighted by Gasteiger charge is 2.19. The molecule has 0 unspecified atom stereocenters. The van der Waals surface area contributed by atoms with E-state index in [-0.39, 0.29) is 0 Å². The van der Waals surface area contributed by atoms with Crippen LogP contribution in [0.25, 0.3) is 0 Å². The van der Waals surface area contributed by atoms with Gasteiger partial charge < -0.3 is 14.5 Å². The molecule has 1 aliphatic heterocycles. The van der Waals surface area contributed by atoms with Crippen LogP contribution in [0.5, 0.6) is 5.75 Å². The van der Waals surface area contributed by atoms with Crippen molar-refractivity contribution < 1.29 is 4.74 Å². The van der Waals surface area contributed by atoms with Gasteiger partial charge in [-0.25, -0.2) is 4.98 Å². The zero-order valence-corrected chi connectivity index (χ0v) is 12.8. The third kappa shape index (κ3) is 2.83. The van der Waals surface area contributed by atoms with Gasteiger partial charge in [0.2, 0.25) is 0 Å². The van der Waals surface area contributed by atoms with E-state index in [1.807, 2.05) is 17.5 Å². The molecule has 0 spiro atoms. The Labute approximate surface area is 127 Å². The third-order valence-electron chi connectivity index (χ3n) is 3.43. The van der Waals surface area contributed by atoms with Gasteiger partial charge in [0.15, 0.2) is 5.13 Å². The molecule has 0 aliphatic carbocycles. The van der Waals surface area contributed by atoms with Crippen molar-refractivity contribution in [2.45, 2.75) is 0 Å². The first kappa shape index (κ1) is 13.5. The Morgan fingerprint density at radius 3 is 2.60 bits per heavy atom. The van der Waals surface area contributed by atoms with Gasteiger partial charge in [-0.3, -0.25) is 0 Å². The molecular weight excluding hydrogens is 294 g/mol. The van der Waals surface area contributed by atoms with Crippen molar-refractivity contribution in [1.29, 1.82) is 0 Å². The van der Waals surface area contributed by atoms with Crippen molar-refractivity contribution in [2.24, 2.45) is 0 Å². The van der Waals surface area contributed by atoms with E-state index in [4.69, 9.17) is 16.3 Å². The molecule has 2 aromatic rings. The number of methoxy groups -OCH3 is 1. The summed E-state index contributed by atoms with van der Waals surface area (Å²) in [6.45, 7) is 3.87. The SMILES string of the molecule is COc1cccc(N2CCN(c3nc(Cl)cs3)CC2)c1. The summed E-state index contributed by atoms with van der Waals surface area (Å²) in [6.07, 6.45) is 0. The summed E-state index contributed by atoms with van der Waals surface area (Å²) in [5, 5.41) is 3.48. The first-order chi connectivity index (χ1) is 9.76. The topological polar surface area (TPSA) is 28.6 Å². The standard InChI is InChI=1S/C14H16ClN3OS/c1-19-12-4-2-3-11(9-12)17-5-7-18(8-6-17)14-16-13(15)10-20-14/h2-4,9-10H,5-8H2,1H3. The van der Waals surface area contributed by atoms with Crippen molar-refractivity contribution in [1.82, 2.24) is 4.98 Å². The van der Waals surface area contributed by atoms with Crippen LogP contribution in [0.15, 0.2) is 29.6 Å². The molecule has 4 nitrogen and oxygen atoms in total. The van der Waals surface area contributed by atoms with Crippen LogP contribution in [-0.2, 0) is 0 Å². The van der Waals surface area contributed by atoms with E-state index in [1.165, 1.54) is 5.69 Å². The zero-order valence-electron chi connectivity index (χ0n) is 11.3. The number of hydrogen-bond acceptors (Lipinski definition) is 5. The summed E-state index contributed by atoms with van der Waals surface area (Å²) in [6, 6.07) is 8.20. The average Bonchev–Trinajstić information content (AvgIpc) is 2.94. The number of ether oxygens (including phenoxy) is 1. The molecule has 1 fully saturated rings. The number of halogens is 1. The second-order valence-electron chi connectivity index (χ2n) is 4.63. The lowest BCUT2D eigenvalue weighted by atomic mass is 10.2. The van der Waals surface area contributed by atoms with Crippen LogP contribution >= 0.6 is 22.9 Å². The third-order valence-corrected chi connectivity index (χ3v) is 4.66. The predicted molar refractivity (Wildman–Crippen MR) is 84.5 cm³/mol. The van der Waals surface area contributed by atoms with Gasteiger partial charge in [-0.15, -0.1) is 11.3 Å². The summed E-state index contributed by atoms with van der Waals surface area (Å²) < 4.78 is 5.28. The average molecular weight is 310 g/mol. The first-order valence-electron chi connectivity index (χ1n) is 6.51. The number of hydrogen-bond donors (Lipinski definition) is 0. The molecule has 2 heterocycles. The van der Waals surface area contributed by atoms with Gasteiger partial charge in [-0.2, -0.15) is 0 Å². The number of benzene rings is 1. The van der Waals surface area contributed by atoms with E-state index in [0.717, 1.165) is 37.1 Å². The second kappa shape index (κ2) is 5.89. The van der Waals surface area contributed by atoms with Gasteiger partial charge in [-0.05, 0) is 12.1 Å². The fraction of sp³-hybridized carbons (Fsp3) is 0.357. The maximum absolute atomic E-state index is 5.89. The lowest BCUT2D eigenvalue weighted by Crippen LogP contribution is -2.46. The quantitative estimate of drug-likeness (QED) is 0.871. The number of nitrogens with zero attached hydrogens (tertiary/aromatic N) is 3. The molecule has 0 bridgehead atoms. The molecule has 0 radical (unpaired) electrons. The molecule has 0 amide bonds.